The third-order valence-corrected chi connectivity index (χ3v) is 7.09. The fourth-order valence-electron chi connectivity index (χ4n) is 4.46. The molecule has 0 aliphatic heterocycles. The van der Waals surface area contributed by atoms with Gasteiger partial charge < -0.3 is 10.2 Å². The van der Waals surface area contributed by atoms with Crippen LogP contribution < -0.4 is 5.32 Å². The molecule has 0 spiro atoms. The first-order chi connectivity index (χ1) is 15.9. The zero-order valence-corrected chi connectivity index (χ0v) is 21.1. The molecule has 0 saturated heterocycles. The Morgan fingerprint density at radius 2 is 1.70 bits per heavy atom. The van der Waals surface area contributed by atoms with E-state index in [0.29, 0.717) is 29.3 Å². The Hall–Kier alpha value is -2.04. The smallest absolute Gasteiger partial charge is 0.243 e. The van der Waals surface area contributed by atoms with Crippen molar-refractivity contribution >= 4 is 35.0 Å². The van der Waals surface area contributed by atoms with E-state index in [1.807, 2.05) is 13.0 Å². The molecule has 4 nitrogen and oxygen atoms in total. The van der Waals surface area contributed by atoms with E-state index in [4.69, 9.17) is 23.2 Å². The molecule has 2 amide bonds. The first kappa shape index (κ1) is 25.6. The molecule has 0 unspecified atom stereocenters. The Bertz CT molecular complexity index is 940. The number of benzene rings is 2. The van der Waals surface area contributed by atoms with Gasteiger partial charge in [-0.3, -0.25) is 9.59 Å². The molecule has 178 valence electrons. The number of aryl methyl sites for hydroxylation is 2. The Morgan fingerprint density at radius 3 is 2.30 bits per heavy atom. The van der Waals surface area contributed by atoms with E-state index in [9.17, 15) is 9.59 Å². The number of nitrogens with zero attached hydrogens (tertiary/aromatic N) is 1. The van der Waals surface area contributed by atoms with Crippen molar-refractivity contribution in [1.29, 1.82) is 0 Å². The van der Waals surface area contributed by atoms with E-state index in [-0.39, 0.29) is 24.4 Å². The molecule has 1 fully saturated rings. The van der Waals surface area contributed by atoms with E-state index < -0.39 is 6.04 Å². The van der Waals surface area contributed by atoms with E-state index >= 15 is 0 Å². The third kappa shape index (κ3) is 7.22. The summed E-state index contributed by atoms with van der Waals surface area (Å²) in [6, 6.07) is 13.3. The van der Waals surface area contributed by atoms with Crippen LogP contribution in [-0.4, -0.2) is 28.8 Å². The topological polar surface area (TPSA) is 49.4 Å². The monoisotopic (exact) mass is 488 g/mol. The third-order valence-electron chi connectivity index (χ3n) is 6.50. The number of carbonyl (C=O) groups excluding carboxylic acids is 2. The van der Waals surface area contributed by atoms with Crippen LogP contribution in [-0.2, 0) is 29.0 Å². The molecule has 1 aliphatic rings. The van der Waals surface area contributed by atoms with Gasteiger partial charge in [0.2, 0.25) is 11.8 Å². The van der Waals surface area contributed by atoms with Crippen LogP contribution in [0.15, 0.2) is 42.5 Å². The van der Waals surface area contributed by atoms with E-state index in [0.717, 1.165) is 43.2 Å². The number of nitrogens with one attached hydrogen (secondary N) is 1. The van der Waals surface area contributed by atoms with Gasteiger partial charge in [-0.1, -0.05) is 80.2 Å². The molecule has 2 aromatic carbocycles. The lowest BCUT2D eigenvalue weighted by Gasteiger charge is -2.32. The van der Waals surface area contributed by atoms with Crippen molar-refractivity contribution in [2.24, 2.45) is 0 Å². The summed E-state index contributed by atoms with van der Waals surface area (Å²) in [6.45, 7) is 4.35. The second kappa shape index (κ2) is 12.4. The number of hydrogen-bond donors (Lipinski definition) is 1. The van der Waals surface area contributed by atoms with Gasteiger partial charge in [0.1, 0.15) is 6.04 Å². The average Bonchev–Trinajstić information content (AvgIpc) is 3.32. The second-order valence-corrected chi connectivity index (χ2v) is 9.69. The molecule has 2 aromatic rings. The second-order valence-electron chi connectivity index (χ2n) is 8.84. The predicted octanol–water partition coefficient (Wildman–Crippen LogP) is 6.35. The van der Waals surface area contributed by atoms with Gasteiger partial charge in [0, 0.05) is 29.1 Å². The van der Waals surface area contributed by atoms with Crippen LogP contribution in [0.3, 0.4) is 0 Å². The van der Waals surface area contributed by atoms with Crippen molar-refractivity contribution in [2.45, 2.75) is 83.8 Å². The predicted molar refractivity (Wildman–Crippen MR) is 136 cm³/mol. The lowest BCUT2D eigenvalue weighted by atomic mass is 10.0. The maximum absolute atomic E-state index is 13.4. The summed E-state index contributed by atoms with van der Waals surface area (Å²) in [6.07, 6.45) is 6.80. The lowest BCUT2D eigenvalue weighted by molar-refractivity contribution is -0.141. The van der Waals surface area contributed by atoms with Crippen molar-refractivity contribution < 1.29 is 9.59 Å². The van der Waals surface area contributed by atoms with Gasteiger partial charge in [0.25, 0.3) is 0 Å². The van der Waals surface area contributed by atoms with Gasteiger partial charge in [0.05, 0.1) is 0 Å². The molecule has 3 rings (SSSR count). The zero-order valence-electron chi connectivity index (χ0n) is 19.6. The van der Waals surface area contributed by atoms with Crippen LogP contribution in [0.1, 0.15) is 69.1 Å². The molecule has 33 heavy (non-hydrogen) atoms. The van der Waals surface area contributed by atoms with Crippen LogP contribution >= 0.6 is 23.2 Å². The standard InChI is InChI=1S/C27H34Cl2N2O2/c1-3-19-9-11-20(12-10-19)13-16-26(32)31(18-21-14-15-22(28)17-24(21)29)25(4-2)27(33)30-23-7-5-6-8-23/h9-12,14-15,17,23,25H,3-8,13,16,18H2,1-2H3,(H,30,33)/t25-/m0/s1. The summed E-state index contributed by atoms with van der Waals surface area (Å²) in [5.41, 5.74) is 3.18. The van der Waals surface area contributed by atoms with Gasteiger partial charge in [-0.2, -0.15) is 0 Å². The van der Waals surface area contributed by atoms with Crippen LogP contribution in [0.25, 0.3) is 0 Å². The fourth-order valence-corrected chi connectivity index (χ4v) is 4.93. The molecule has 0 heterocycles. The van der Waals surface area contributed by atoms with E-state index in [1.54, 1.807) is 17.0 Å². The lowest BCUT2D eigenvalue weighted by Crippen LogP contribution is -2.51. The van der Waals surface area contributed by atoms with Gasteiger partial charge >= 0.3 is 0 Å². The zero-order chi connectivity index (χ0) is 23.8. The summed E-state index contributed by atoms with van der Waals surface area (Å²) >= 11 is 12.5. The molecular weight excluding hydrogens is 455 g/mol. The molecule has 6 heteroatoms. The quantitative estimate of drug-likeness (QED) is 0.423. The number of rotatable bonds is 10. The van der Waals surface area contributed by atoms with E-state index in [1.165, 1.54) is 5.56 Å². The first-order valence-electron chi connectivity index (χ1n) is 12.0. The highest BCUT2D eigenvalue weighted by molar-refractivity contribution is 6.35. The van der Waals surface area contributed by atoms with Gasteiger partial charge in [0.15, 0.2) is 0 Å². The van der Waals surface area contributed by atoms with Crippen LogP contribution in [0.4, 0.5) is 0 Å². The van der Waals surface area contributed by atoms with Crippen molar-refractivity contribution in [3.8, 4) is 0 Å². The van der Waals surface area contributed by atoms with Crippen molar-refractivity contribution in [2.75, 3.05) is 0 Å². The average molecular weight is 489 g/mol. The summed E-state index contributed by atoms with van der Waals surface area (Å²) in [5, 5.41) is 4.22. The number of amides is 2. The van der Waals surface area contributed by atoms with Gasteiger partial charge in [-0.15, -0.1) is 0 Å². The van der Waals surface area contributed by atoms with Gasteiger partial charge in [-0.05, 0) is 60.9 Å². The number of carbonyl (C=O) groups is 2. The molecular formula is C27H34Cl2N2O2. The fraction of sp³-hybridized carbons (Fsp3) is 0.481. The van der Waals surface area contributed by atoms with Crippen molar-refractivity contribution in [1.82, 2.24) is 10.2 Å². The number of halogens is 2. The first-order valence-corrected chi connectivity index (χ1v) is 12.8. The maximum atomic E-state index is 13.4. The van der Waals surface area contributed by atoms with Crippen LogP contribution in [0.5, 0.6) is 0 Å². The Morgan fingerprint density at radius 1 is 1.03 bits per heavy atom. The molecule has 1 atom stereocenters. The van der Waals surface area contributed by atoms with Crippen molar-refractivity contribution in [3.05, 3.63) is 69.2 Å². The minimum Gasteiger partial charge on any atom is -0.352 e. The Kier molecular flexibility index (Phi) is 9.64. The minimum absolute atomic E-state index is 0.0472. The van der Waals surface area contributed by atoms with E-state index in [2.05, 4.69) is 36.5 Å². The Balaban J connectivity index is 1.77. The van der Waals surface area contributed by atoms with Gasteiger partial charge in [-0.25, -0.2) is 0 Å². The highest BCUT2D eigenvalue weighted by Gasteiger charge is 2.30. The molecule has 1 N–H and O–H groups in total. The molecule has 1 aliphatic carbocycles. The summed E-state index contributed by atoms with van der Waals surface area (Å²) < 4.78 is 0. The summed E-state index contributed by atoms with van der Waals surface area (Å²) in [5.74, 6) is -0.121. The normalized spacial score (nSPS) is 14.8. The highest BCUT2D eigenvalue weighted by atomic mass is 35.5. The summed E-state index contributed by atoms with van der Waals surface area (Å²) in [4.78, 5) is 28.3. The summed E-state index contributed by atoms with van der Waals surface area (Å²) in [7, 11) is 0. The molecule has 1 saturated carbocycles. The highest BCUT2D eigenvalue weighted by Crippen LogP contribution is 2.25. The van der Waals surface area contributed by atoms with Crippen LogP contribution in [0, 0.1) is 0 Å². The minimum atomic E-state index is -0.535. The van der Waals surface area contributed by atoms with Crippen molar-refractivity contribution in [3.63, 3.8) is 0 Å². The van der Waals surface area contributed by atoms with Crippen LogP contribution in [0.2, 0.25) is 10.0 Å². The largest absolute Gasteiger partial charge is 0.352 e. The molecule has 0 bridgehead atoms. The molecule has 0 aromatic heterocycles. The molecule has 0 radical (unpaired) electrons. The maximum Gasteiger partial charge on any atom is 0.243 e. The SMILES string of the molecule is CCc1ccc(CCC(=O)N(Cc2ccc(Cl)cc2Cl)[C@@H](CC)C(=O)NC2CCCC2)cc1. The number of hydrogen-bond acceptors (Lipinski definition) is 2. The Labute approximate surface area is 207 Å².